The average Bonchev–Trinajstić information content (AvgIpc) is 3.59. The van der Waals surface area contributed by atoms with Crippen LogP contribution in [0.1, 0.15) is 31.7 Å². The molecule has 0 bridgehead atoms. The third-order valence-corrected chi connectivity index (χ3v) is 5.35. The van der Waals surface area contributed by atoms with E-state index in [1.165, 1.54) is 0 Å². The second kappa shape index (κ2) is 11.5. The number of carbonyl (C=O) groups is 3. The van der Waals surface area contributed by atoms with Crippen LogP contribution in [0.15, 0.2) is 60.2 Å². The first kappa shape index (κ1) is 24.3. The van der Waals surface area contributed by atoms with Crippen LogP contribution in [0.25, 0.3) is 11.1 Å². The van der Waals surface area contributed by atoms with Crippen LogP contribution in [0.3, 0.4) is 0 Å². The molecular weight excluding hydrogens is 444 g/mol. The van der Waals surface area contributed by atoms with Crippen LogP contribution in [-0.2, 0) is 19.1 Å². The van der Waals surface area contributed by atoms with E-state index < -0.39 is 24.0 Å². The van der Waals surface area contributed by atoms with Gasteiger partial charge >= 0.3 is 12.1 Å². The Morgan fingerprint density at radius 3 is 2.39 bits per heavy atom. The molecule has 2 aromatic carbocycles. The predicted octanol–water partition coefficient (Wildman–Crippen LogP) is 4.21. The molecule has 0 heterocycles. The Kier molecular flexibility index (Phi) is 8.49. The van der Waals surface area contributed by atoms with Crippen LogP contribution in [0.4, 0.5) is 4.79 Å². The first-order chi connectivity index (χ1) is 15.9. The Morgan fingerprint density at radius 2 is 1.73 bits per heavy atom. The lowest BCUT2D eigenvalue weighted by Gasteiger charge is -2.17. The molecule has 2 amide bonds. The number of benzene rings is 2. The molecule has 2 unspecified atom stereocenters. The van der Waals surface area contributed by atoms with Gasteiger partial charge in [-0.1, -0.05) is 54.1 Å². The molecule has 3 rings (SSSR count). The maximum absolute atomic E-state index is 12.3. The summed E-state index contributed by atoms with van der Waals surface area (Å²) in [6.45, 7) is 3.64. The van der Waals surface area contributed by atoms with E-state index in [1.54, 1.807) is 13.8 Å². The smallest absolute Gasteiger partial charge is 0.407 e. The lowest BCUT2D eigenvalue weighted by molar-refractivity contribution is -0.143. The van der Waals surface area contributed by atoms with Gasteiger partial charge in [-0.25, -0.2) is 4.79 Å². The van der Waals surface area contributed by atoms with Crippen molar-refractivity contribution >= 4 is 29.6 Å². The summed E-state index contributed by atoms with van der Waals surface area (Å²) >= 11 is 6.09. The number of ether oxygens (including phenoxy) is 2. The van der Waals surface area contributed by atoms with Gasteiger partial charge in [-0.3, -0.25) is 9.59 Å². The van der Waals surface area contributed by atoms with Gasteiger partial charge in [-0.2, -0.15) is 0 Å². The molecule has 0 aliphatic heterocycles. The van der Waals surface area contributed by atoms with Gasteiger partial charge in [-0.15, -0.1) is 0 Å². The Hall–Kier alpha value is -3.32. The maximum atomic E-state index is 12.3. The van der Waals surface area contributed by atoms with E-state index in [9.17, 15) is 14.4 Å². The molecule has 0 saturated carbocycles. The predicted molar refractivity (Wildman–Crippen MR) is 126 cm³/mol. The lowest BCUT2D eigenvalue weighted by Crippen LogP contribution is -2.43. The number of hydrogen-bond acceptors (Lipinski definition) is 5. The number of allylic oxidation sites excluding steroid dienone is 1. The van der Waals surface area contributed by atoms with Crippen molar-refractivity contribution in [3.8, 4) is 11.1 Å². The summed E-state index contributed by atoms with van der Waals surface area (Å²) in [7, 11) is 0. The number of alkyl carbamates (subject to hydrolysis) is 1. The lowest BCUT2D eigenvalue weighted by atomic mass is 9.98. The highest BCUT2D eigenvalue weighted by Crippen LogP contribution is 2.42. The highest BCUT2D eigenvalue weighted by atomic mass is 35.5. The van der Waals surface area contributed by atoms with Crippen molar-refractivity contribution in [2.24, 2.45) is 0 Å². The van der Waals surface area contributed by atoms with Gasteiger partial charge in [-0.05, 0) is 48.2 Å². The number of carbonyl (C=O) groups excluding carboxylic acids is 3. The molecular formula is C25H27ClN2O5. The fourth-order valence-electron chi connectivity index (χ4n) is 3.54. The van der Waals surface area contributed by atoms with Crippen LogP contribution in [0.2, 0.25) is 5.02 Å². The Labute approximate surface area is 198 Å². The van der Waals surface area contributed by atoms with Crippen molar-refractivity contribution in [1.29, 1.82) is 0 Å². The summed E-state index contributed by atoms with van der Waals surface area (Å²) < 4.78 is 9.81. The molecule has 0 radical (unpaired) electrons. The molecule has 1 aliphatic rings. The molecule has 2 aromatic rings. The first-order valence-electron chi connectivity index (χ1n) is 10.8. The number of rotatable bonds is 10. The SMILES string of the molecule is CCOC(=O)CC(NC(=O)CNC(=O)OCC)C1=CC1c1ccc(-c2cccc(Cl)c2)cc1. The van der Waals surface area contributed by atoms with Gasteiger partial charge in [0.2, 0.25) is 5.91 Å². The molecule has 33 heavy (non-hydrogen) atoms. The quantitative estimate of drug-likeness (QED) is 0.400. The van der Waals surface area contributed by atoms with Gasteiger partial charge in [0, 0.05) is 10.9 Å². The van der Waals surface area contributed by atoms with E-state index in [-0.39, 0.29) is 32.1 Å². The molecule has 2 N–H and O–H groups in total. The zero-order chi connectivity index (χ0) is 23.8. The van der Waals surface area contributed by atoms with Gasteiger partial charge < -0.3 is 20.1 Å². The highest BCUT2D eigenvalue weighted by Gasteiger charge is 2.35. The topological polar surface area (TPSA) is 93.7 Å². The summed E-state index contributed by atoms with van der Waals surface area (Å²) in [4.78, 5) is 35.8. The van der Waals surface area contributed by atoms with Crippen LogP contribution >= 0.6 is 11.6 Å². The zero-order valence-electron chi connectivity index (χ0n) is 18.6. The molecule has 7 nitrogen and oxygen atoms in total. The second-order valence-corrected chi connectivity index (χ2v) is 7.92. The summed E-state index contributed by atoms with van der Waals surface area (Å²) in [6, 6.07) is 15.2. The molecule has 174 valence electrons. The van der Waals surface area contributed by atoms with Crippen molar-refractivity contribution in [3.63, 3.8) is 0 Å². The average molecular weight is 471 g/mol. The molecule has 8 heteroatoms. The minimum absolute atomic E-state index is 0.0158. The Morgan fingerprint density at radius 1 is 1.00 bits per heavy atom. The molecule has 0 saturated heterocycles. The monoisotopic (exact) mass is 470 g/mol. The molecule has 0 fully saturated rings. The molecule has 0 spiro atoms. The van der Waals surface area contributed by atoms with Crippen LogP contribution in [0, 0.1) is 0 Å². The van der Waals surface area contributed by atoms with E-state index in [1.807, 2.05) is 54.6 Å². The van der Waals surface area contributed by atoms with Crippen LogP contribution < -0.4 is 10.6 Å². The van der Waals surface area contributed by atoms with Crippen molar-refractivity contribution in [1.82, 2.24) is 10.6 Å². The van der Waals surface area contributed by atoms with E-state index in [4.69, 9.17) is 21.1 Å². The third-order valence-electron chi connectivity index (χ3n) is 5.12. The van der Waals surface area contributed by atoms with Gasteiger partial charge in [0.15, 0.2) is 0 Å². The summed E-state index contributed by atoms with van der Waals surface area (Å²) in [5.74, 6) is -0.791. The fraction of sp³-hybridized carbons (Fsp3) is 0.320. The summed E-state index contributed by atoms with van der Waals surface area (Å²) in [5.41, 5.74) is 4.07. The Balaban J connectivity index is 1.64. The van der Waals surface area contributed by atoms with Gasteiger partial charge in [0.1, 0.15) is 6.54 Å². The van der Waals surface area contributed by atoms with Crippen LogP contribution in [-0.4, -0.2) is 43.8 Å². The standard InChI is InChI=1S/C25H27ClN2O5/c1-3-32-24(30)14-22(28-23(29)15-27-25(31)33-4-2)21-13-20(21)17-10-8-16(9-11-17)18-6-5-7-19(26)12-18/h5-13,20,22H,3-4,14-15H2,1-2H3,(H,27,31)(H,28,29). The van der Waals surface area contributed by atoms with E-state index in [0.29, 0.717) is 5.02 Å². The molecule has 2 atom stereocenters. The zero-order valence-corrected chi connectivity index (χ0v) is 19.4. The fourth-order valence-corrected chi connectivity index (χ4v) is 3.73. The van der Waals surface area contributed by atoms with Gasteiger partial charge in [0.25, 0.3) is 0 Å². The highest BCUT2D eigenvalue weighted by molar-refractivity contribution is 6.30. The number of halogens is 1. The van der Waals surface area contributed by atoms with E-state index >= 15 is 0 Å². The molecule has 0 aromatic heterocycles. The summed E-state index contributed by atoms with van der Waals surface area (Å²) in [5, 5.41) is 5.87. The Bertz CT molecular complexity index is 1040. The van der Waals surface area contributed by atoms with Gasteiger partial charge in [0.05, 0.1) is 25.7 Å². The summed E-state index contributed by atoms with van der Waals surface area (Å²) in [6.07, 6.45) is 1.36. The van der Waals surface area contributed by atoms with Crippen molar-refractivity contribution in [2.75, 3.05) is 19.8 Å². The first-order valence-corrected chi connectivity index (χ1v) is 11.2. The molecule has 1 aliphatic carbocycles. The number of amides is 2. The van der Waals surface area contributed by atoms with Crippen molar-refractivity contribution < 1.29 is 23.9 Å². The minimum Gasteiger partial charge on any atom is -0.466 e. The van der Waals surface area contributed by atoms with E-state index in [0.717, 1.165) is 22.3 Å². The number of esters is 1. The minimum atomic E-state index is -0.669. The number of nitrogens with one attached hydrogen (secondary N) is 2. The normalized spacial score (nSPS) is 15.1. The van der Waals surface area contributed by atoms with Crippen molar-refractivity contribution in [2.45, 2.75) is 32.2 Å². The largest absolute Gasteiger partial charge is 0.466 e. The second-order valence-electron chi connectivity index (χ2n) is 7.48. The van der Waals surface area contributed by atoms with E-state index in [2.05, 4.69) is 10.6 Å². The number of hydrogen-bond donors (Lipinski definition) is 2. The maximum Gasteiger partial charge on any atom is 0.407 e. The van der Waals surface area contributed by atoms with Crippen molar-refractivity contribution in [3.05, 3.63) is 70.8 Å². The third kappa shape index (κ3) is 7.08. The van der Waals surface area contributed by atoms with Crippen LogP contribution in [0.5, 0.6) is 0 Å².